The second-order valence-electron chi connectivity index (χ2n) is 4.25. The summed E-state index contributed by atoms with van der Waals surface area (Å²) in [5, 5.41) is 13.3. The molecule has 1 aromatic heterocycles. The van der Waals surface area contributed by atoms with Gasteiger partial charge in [0.15, 0.2) is 6.29 Å². The molecule has 1 aliphatic rings. The zero-order valence-corrected chi connectivity index (χ0v) is 9.88. The van der Waals surface area contributed by atoms with Crippen LogP contribution in [0.1, 0.15) is 28.9 Å². The zero-order valence-electron chi connectivity index (χ0n) is 9.88. The third-order valence-corrected chi connectivity index (χ3v) is 3.16. The third kappa shape index (κ3) is 1.79. The Balaban J connectivity index is 2.46. The minimum atomic E-state index is -0.849. The number of nitrogens with zero attached hydrogens (tertiary/aromatic N) is 3. The molecule has 1 aliphatic heterocycles. The average molecular weight is 237 g/mol. The Morgan fingerprint density at radius 3 is 2.88 bits per heavy atom. The van der Waals surface area contributed by atoms with Gasteiger partial charge in [-0.15, -0.1) is 0 Å². The van der Waals surface area contributed by atoms with Crippen molar-refractivity contribution in [1.29, 1.82) is 0 Å². The molecule has 17 heavy (non-hydrogen) atoms. The molecular formula is C11H15N3O3. The Labute approximate surface area is 98.8 Å². The number of carboxylic acids is 1. The molecule has 2 heterocycles. The van der Waals surface area contributed by atoms with E-state index in [1.165, 1.54) is 0 Å². The van der Waals surface area contributed by atoms with Crippen molar-refractivity contribution in [3.05, 3.63) is 11.3 Å². The van der Waals surface area contributed by atoms with E-state index in [2.05, 4.69) is 5.10 Å². The van der Waals surface area contributed by atoms with Crippen molar-refractivity contribution in [2.75, 3.05) is 11.4 Å². The number of anilines is 1. The highest BCUT2D eigenvalue weighted by atomic mass is 16.4. The molecular weight excluding hydrogens is 222 g/mol. The van der Waals surface area contributed by atoms with E-state index in [0.29, 0.717) is 30.0 Å². The van der Waals surface area contributed by atoms with Crippen molar-refractivity contribution in [1.82, 2.24) is 9.78 Å². The van der Waals surface area contributed by atoms with Crippen molar-refractivity contribution in [2.45, 2.75) is 25.8 Å². The van der Waals surface area contributed by atoms with Crippen molar-refractivity contribution in [3.8, 4) is 0 Å². The van der Waals surface area contributed by atoms with Gasteiger partial charge in [-0.3, -0.25) is 9.48 Å². The van der Waals surface area contributed by atoms with Crippen LogP contribution in [0, 0.1) is 6.92 Å². The number of aliphatic carboxylic acids is 1. The first-order valence-electron chi connectivity index (χ1n) is 5.54. The first-order valence-corrected chi connectivity index (χ1v) is 5.54. The summed E-state index contributed by atoms with van der Waals surface area (Å²) in [6.07, 6.45) is 2.17. The first-order chi connectivity index (χ1) is 8.06. The molecule has 0 unspecified atom stereocenters. The fourth-order valence-electron chi connectivity index (χ4n) is 2.42. The number of hydrogen-bond donors (Lipinski definition) is 1. The number of hydrogen-bond acceptors (Lipinski definition) is 4. The number of carboxylic acid groups (broad SMARTS) is 1. The molecule has 0 saturated carbocycles. The lowest BCUT2D eigenvalue weighted by Crippen LogP contribution is -2.37. The lowest BCUT2D eigenvalue weighted by molar-refractivity contribution is -0.138. The Morgan fingerprint density at radius 2 is 2.29 bits per heavy atom. The van der Waals surface area contributed by atoms with Gasteiger partial charge in [0.25, 0.3) is 0 Å². The van der Waals surface area contributed by atoms with E-state index in [1.54, 1.807) is 23.6 Å². The predicted molar refractivity (Wildman–Crippen MR) is 61.3 cm³/mol. The fourth-order valence-corrected chi connectivity index (χ4v) is 2.42. The smallest absolute Gasteiger partial charge is 0.326 e. The van der Waals surface area contributed by atoms with Crippen LogP contribution >= 0.6 is 0 Å². The van der Waals surface area contributed by atoms with Crippen LogP contribution in [-0.4, -0.2) is 39.7 Å². The van der Waals surface area contributed by atoms with E-state index in [0.717, 1.165) is 12.7 Å². The minimum Gasteiger partial charge on any atom is -0.480 e. The molecule has 0 spiro atoms. The second-order valence-corrected chi connectivity index (χ2v) is 4.25. The molecule has 0 aromatic carbocycles. The summed E-state index contributed by atoms with van der Waals surface area (Å²) in [5.41, 5.74) is 1.12. The normalized spacial score (nSPS) is 19.6. The standard InChI is InChI=1S/C11H15N3O3/c1-7-8(6-15)10(13(2)12-7)14-5-3-4-9(14)11(16)17/h6,9H,3-5H2,1-2H3,(H,16,17)/t9-/m0/s1. The van der Waals surface area contributed by atoms with Gasteiger partial charge in [0, 0.05) is 13.6 Å². The first kappa shape index (κ1) is 11.6. The number of carbonyl (C=O) groups is 2. The van der Waals surface area contributed by atoms with Crippen LogP contribution in [0.2, 0.25) is 0 Å². The molecule has 0 amide bonds. The van der Waals surface area contributed by atoms with Gasteiger partial charge >= 0.3 is 5.97 Å². The Morgan fingerprint density at radius 1 is 1.59 bits per heavy atom. The van der Waals surface area contributed by atoms with Crippen molar-refractivity contribution in [3.63, 3.8) is 0 Å². The van der Waals surface area contributed by atoms with Crippen LogP contribution < -0.4 is 4.90 Å². The average Bonchev–Trinajstić information content (AvgIpc) is 2.81. The highest BCUT2D eigenvalue weighted by Gasteiger charge is 2.34. The van der Waals surface area contributed by atoms with E-state index >= 15 is 0 Å². The molecule has 6 nitrogen and oxygen atoms in total. The van der Waals surface area contributed by atoms with Gasteiger partial charge in [0.05, 0.1) is 11.3 Å². The number of aldehydes is 1. The van der Waals surface area contributed by atoms with Gasteiger partial charge < -0.3 is 10.0 Å². The lowest BCUT2D eigenvalue weighted by atomic mass is 10.2. The van der Waals surface area contributed by atoms with Gasteiger partial charge in [-0.1, -0.05) is 0 Å². The zero-order chi connectivity index (χ0) is 12.6. The van der Waals surface area contributed by atoms with E-state index < -0.39 is 12.0 Å². The molecule has 1 aromatic rings. The number of carbonyl (C=O) groups excluding carboxylic acids is 1. The quantitative estimate of drug-likeness (QED) is 0.779. The summed E-state index contributed by atoms with van der Waals surface area (Å²) in [6.45, 7) is 2.40. The molecule has 1 N–H and O–H groups in total. The summed E-state index contributed by atoms with van der Waals surface area (Å²) >= 11 is 0. The minimum absolute atomic E-state index is 0.487. The van der Waals surface area contributed by atoms with Gasteiger partial charge in [0.1, 0.15) is 11.9 Å². The van der Waals surface area contributed by atoms with Crippen LogP contribution in [0.5, 0.6) is 0 Å². The Kier molecular flexibility index (Phi) is 2.87. The molecule has 1 saturated heterocycles. The molecule has 0 bridgehead atoms. The maximum Gasteiger partial charge on any atom is 0.326 e. The van der Waals surface area contributed by atoms with Crippen molar-refractivity contribution in [2.24, 2.45) is 7.05 Å². The maximum atomic E-state index is 11.1. The summed E-state index contributed by atoms with van der Waals surface area (Å²) < 4.78 is 1.58. The van der Waals surface area contributed by atoms with E-state index in [9.17, 15) is 9.59 Å². The summed E-state index contributed by atoms with van der Waals surface area (Å²) in [4.78, 5) is 24.0. The summed E-state index contributed by atoms with van der Waals surface area (Å²) in [7, 11) is 1.73. The van der Waals surface area contributed by atoms with Crippen LogP contribution in [0.4, 0.5) is 5.82 Å². The monoisotopic (exact) mass is 237 g/mol. The van der Waals surface area contributed by atoms with Crippen LogP contribution in [0.15, 0.2) is 0 Å². The molecule has 92 valence electrons. The molecule has 6 heteroatoms. The highest BCUT2D eigenvalue weighted by Crippen LogP contribution is 2.29. The Hall–Kier alpha value is -1.85. The molecule has 0 radical (unpaired) electrons. The van der Waals surface area contributed by atoms with Crippen LogP contribution in [0.25, 0.3) is 0 Å². The van der Waals surface area contributed by atoms with Gasteiger partial charge in [-0.05, 0) is 19.8 Å². The largest absolute Gasteiger partial charge is 0.480 e. The van der Waals surface area contributed by atoms with Crippen molar-refractivity contribution < 1.29 is 14.7 Å². The summed E-state index contributed by atoms with van der Waals surface area (Å²) in [5.74, 6) is -0.236. The van der Waals surface area contributed by atoms with Gasteiger partial charge in [0.2, 0.25) is 0 Å². The van der Waals surface area contributed by atoms with Crippen LogP contribution in [0.3, 0.4) is 0 Å². The molecule has 0 aliphatic carbocycles. The highest BCUT2D eigenvalue weighted by molar-refractivity contribution is 5.87. The lowest BCUT2D eigenvalue weighted by Gasteiger charge is -2.23. The van der Waals surface area contributed by atoms with Gasteiger partial charge in [-0.2, -0.15) is 5.10 Å². The Bertz CT molecular complexity index is 467. The molecule has 2 rings (SSSR count). The molecule has 1 fully saturated rings. The van der Waals surface area contributed by atoms with Gasteiger partial charge in [-0.25, -0.2) is 4.79 Å². The number of aryl methyl sites for hydroxylation is 2. The summed E-state index contributed by atoms with van der Waals surface area (Å²) in [6, 6.07) is -0.552. The second kappa shape index (κ2) is 4.20. The third-order valence-electron chi connectivity index (χ3n) is 3.16. The number of rotatable bonds is 3. The van der Waals surface area contributed by atoms with E-state index in [-0.39, 0.29) is 0 Å². The molecule has 1 atom stereocenters. The predicted octanol–water partition coefficient (Wildman–Crippen LogP) is 0.594. The number of aromatic nitrogens is 2. The fraction of sp³-hybridized carbons (Fsp3) is 0.545. The SMILES string of the molecule is Cc1nn(C)c(N2CCC[C@H]2C(=O)O)c1C=O. The topological polar surface area (TPSA) is 75.4 Å². The maximum absolute atomic E-state index is 11.1. The van der Waals surface area contributed by atoms with Crippen molar-refractivity contribution >= 4 is 18.1 Å². The van der Waals surface area contributed by atoms with E-state index in [4.69, 9.17) is 5.11 Å². The van der Waals surface area contributed by atoms with E-state index in [1.807, 2.05) is 0 Å². The van der Waals surface area contributed by atoms with Crippen LogP contribution in [-0.2, 0) is 11.8 Å².